The predicted octanol–water partition coefficient (Wildman–Crippen LogP) is 1.32. The van der Waals surface area contributed by atoms with Crippen LogP contribution in [0.5, 0.6) is 0 Å². The van der Waals surface area contributed by atoms with E-state index < -0.39 is 0 Å². The maximum Gasteiger partial charge on any atom is 0.177 e. The number of piperazine rings is 1. The van der Waals surface area contributed by atoms with Crippen LogP contribution >= 0.6 is 0 Å². The monoisotopic (exact) mass is 319 g/mol. The van der Waals surface area contributed by atoms with Gasteiger partial charge >= 0.3 is 0 Å². The quantitative estimate of drug-likeness (QED) is 0.725. The second-order valence-corrected chi connectivity index (χ2v) is 5.86. The molecule has 3 aromatic rings. The minimum Gasteiger partial charge on any atom is -0.353 e. The van der Waals surface area contributed by atoms with Crippen molar-refractivity contribution in [1.29, 1.82) is 5.26 Å². The van der Waals surface area contributed by atoms with Crippen LogP contribution in [-0.4, -0.2) is 50.9 Å². The fourth-order valence-electron chi connectivity index (χ4n) is 3.03. The van der Waals surface area contributed by atoms with Crippen LogP contribution in [0.25, 0.3) is 5.65 Å². The van der Waals surface area contributed by atoms with Crippen LogP contribution in [0.1, 0.15) is 11.1 Å². The zero-order chi connectivity index (χ0) is 16.4. The van der Waals surface area contributed by atoms with Gasteiger partial charge in [-0.25, -0.2) is 0 Å². The smallest absolute Gasteiger partial charge is 0.177 e. The van der Waals surface area contributed by atoms with E-state index in [2.05, 4.69) is 31.2 Å². The van der Waals surface area contributed by atoms with Crippen molar-refractivity contribution in [1.82, 2.24) is 24.7 Å². The summed E-state index contributed by atoms with van der Waals surface area (Å²) in [6, 6.07) is 14.0. The second-order valence-electron chi connectivity index (χ2n) is 5.86. The van der Waals surface area contributed by atoms with Gasteiger partial charge in [-0.1, -0.05) is 18.2 Å². The second kappa shape index (κ2) is 6.26. The van der Waals surface area contributed by atoms with E-state index in [0.29, 0.717) is 0 Å². The van der Waals surface area contributed by atoms with Crippen molar-refractivity contribution in [3.63, 3.8) is 0 Å². The number of aromatic nitrogens is 4. The number of nitrogens with zero attached hydrogens (tertiary/aromatic N) is 7. The molecule has 0 bridgehead atoms. The first-order valence-electron chi connectivity index (χ1n) is 7.96. The number of fused-ring (bicyclic) bond motifs is 1. The van der Waals surface area contributed by atoms with E-state index in [9.17, 15) is 5.26 Å². The highest BCUT2D eigenvalue weighted by Crippen LogP contribution is 2.16. The maximum atomic E-state index is 9.21. The highest BCUT2D eigenvalue weighted by Gasteiger charge is 2.19. The van der Waals surface area contributed by atoms with Crippen molar-refractivity contribution in [2.24, 2.45) is 0 Å². The highest BCUT2D eigenvalue weighted by atomic mass is 15.4. The van der Waals surface area contributed by atoms with Gasteiger partial charge in [0.25, 0.3) is 0 Å². The lowest BCUT2D eigenvalue weighted by Crippen LogP contribution is -2.46. The van der Waals surface area contributed by atoms with E-state index in [1.54, 1.807) is 10.8 Å². The van der Waals surface area contributed by atoms with Crippen molar-refractivity contribution < 1.29 is 0 Å². The van der Waals surface area contributed by atoms with Gasteiger partial charge in [0, 0.05) is 32.7 Å². The number of hydrogen-bond donors (Lipinski definition) is 0. The molecule has 0 N–H and O–H groups in total. The van der Waals surface area contributed by atoms with Gasteiger partial charge in [0.2, 0.25) is 0 Å². The van der Waals surface area contributed by atoms with E-state index in [0.717, 1.165) is 55.3 Å². The molecule has 0 atom stereocenters. The number of benzene rings is 1. The Hall–Kier alpha value is -2.98. The molecule has 0 spiro atoms. The molecule has 1 aromatic carbocycles. The molecule has 1 saturated heterocycles. The third-order valence-electron chi connectivity index (χ3n) is 4.38. The van der Waals surface area contributed by atoms with Gasteiger partial charge in [0.1, 0.15) is 12.1 Å². The molecule has 0 aliphatic carbocycles. The van der Waals surface area contributed by atoms with Gasteiger partial charge in [-0.3, -0.25) is 4.90 Å². The normalized spacial score (nSPS) is 15.5. The molecular formula is C17H17N7. The SMILES string of the molecule is N#Cc1ccccc1CN1CCN(c2ccc3nncn3n2)CC1. The molecular weight excluding hydrogens is 302 g/mol. The molecule has 2 aromatic heterocycles. The summed E-state index contributed by atoms with van der Waals surface area (Å²) in [7, 11) is 0. The average Bonchev–Trinajstić information content (AvgIpc) is 3.10. The van der Waals surface area contributed by atoms with Gasteiger partial charge in [-0.05, 0) is 23.8 Å². The Morgan fingerprint density at radius 1 is 1.04 bits per heavy atom. The molecule has 1 fully saturated rings. The molecule has 1 aliphatic heterocycles. The summed E-state index contributed by atoms with van der Waals surface area (Å²) >= 11 is 0. The van der Waals surface area contributed by atoms with Gasteiger partial charge in [-0.15, -0.1) is 15.3 Å². The molecule has 0 saturated carbocycles. The number of anilines is 1. The summed E-state index contributed by atoms with van der Waals surface area (Å²) in [6.45, 7) is 4.53. The Balaban J connectivity index is 1.42. The standard InChI is InChI=1S/C17H17N7/c18-11-14-3-1-2-4-15(14)12-22-7-9-23(10-8-22)17-6-5-16-20-19-13-24(16)21-17/h1-6,13H,7-10,12H2. The van der Waals surface area contributed by atoms with Crippen molar-refractivity contribution in [3.05, 3.63) is 53.9 Å². The zero-order valence-electron chi connectivity index (χ0n) is 13.2. The lowest BCUT2D eigenvalue weighted by atomic mass is 10.1. The zero-order valence-corrected chi connectivity index (χ0v) is 13.2. The molecule has 7 heteroatoms. The van der Waals surface area contributed by atoms with Gasteiger partial charge in [0.15, 0.2) is 5.65 Å². The van der Waals surface area contributed by atoms with Gasteiger partial charge in [-0.2, -0.15) is 9.78 Å². The van der Waals surface area contributed by atoms with E-state index in [1.165, 1.54) is 0 Å². The van der Waals surface area contributed by atoms with Crippen LogP contribution in [0.2, 0.25) is 0 Å². The Morgan fingerprint density at radius 2 is 1.88 bits per heavy atom. The number of nitriles is 1. The predicted molar refractivity (Wildman–Crippen MR) is 89.4 cm³/mol. The summed E-state index contributed by atoms with van der Waals surface area (Å²) < 4.78 is 1.70. The Bertz CT molecular complexity index is 887. The van der Waals surface area contributed by atoms with Gasteiger partial charge < -0.3 is 4.90 Å². The van der Waals surface area contributed by atoms with Crippen LogP contribution in [0, 0.1) is 11.3 Å². The Morgan fingerprint density at radius 3 is 2.71 bits per heavy atom. The number of rotatable bonds is 3. The third-order valence-corrected chi connectivity index (χ3v) is 4.38. The molecule has 24 heavy (non-hydrogen) atoms. The number of hydrogen-bond acceptors (Lipinski definition) is 6. The van der Waals surface area contributed by atoms with E-state index in [1.807, 2.05) is 36.4 Å². The van der Waals surface area contributed by atoms with E-state index in [-0.39, 0.29) is 0 Å². The lowest BCUT2D eigenvalue weighted by Gasteiger charge is -2.35. The topological polar surface area (TPSA) is 73.4 Å². The molecule has 4 rings (SSSR count). The van der Waals surface area contributed by atoms with Crippen LogP contribution in [0.3, 0.4) is 0 Å². The molecule has 0 unspecified atom stereocenters. The first kappa shape index (κ1) is 14.6. The molecule has 7 nitrogen and oxygen atoms in total. The Kier molecular flexibility index (Phi) is 3.81. The van der Waals surface area contributed by atoms with Crippen molar-refractivity contribution in [2.45, 2.75) is 6.54 Å². The van der Waals surface area contributed by atoms with Crippen molar-refractivity contribution in [2.75, 3.05) is 31.1 Å². The van der Waals surface area contributed by atoms with Crippen LogP contribution < -0.4 is 4.90 Å². The summed E-state index contributed by atoms with van der Waals surface area (Å²) in [4.78, 5) is 4.65. The molecule has 3 heterocycles. The van der Waals surface area contributed by atoms with E-state index in [4.69, 9.17) is 0 Å². The lowest BCUT2D eigenvalue weighted by molar-refractivity contribution is 0.249. The fourth-order valence-corrected chi connectivity index (χ4v) is 3.03. The summed E-state index contributed by atoms with van der Waals surface area (Å²) in [6.07, 6.45) is 1.62. The highest BCUT2D eigenvalue weighted by molar-refractivity contribution is 5.45. The Labute approximate surface area is 139 Å². The molecule has 0 amide bonds. The molecule has 1 aliphatic rings. The molecule has 120 valence electrons. The molecule has 0 radical (unpaired) electrons. The largest absolute Gasteiger partial charge is 0.353 e. The van der Waals surface area contributed by atoms with Crippen LogP contribution in [0.15, 0.2) is 42.7 Å². The summed E-state index contributed by atoms with van der Waals surface area (Å²) in [5, 5.41) is 21.6. The summed E-state index contributed by atoms with van der Waals surface area (Å²) in [5.41, 5.74) is 2.61. The maximum absolute atomic E-state index is 9.21. The minimum absolute atomic E-state index is 0.755. The summed E-state index contributed by atoms with van der Waals surface area (Å²) in [5.74, 6) is 0.944. The van der Waals surface area contributed by atoms with Crippen LogP contribution in [0.4, 0.5) is 5.82 Å². The third kappa shape index (κ3) is 2.79. The first-order valence-corrected chi connectivity index (χ1v) is 7.96. The van der Waals surface area contributed by atoms with Gasteiger partial charge in [0.05, 0.1) is 11.6 Å². The first-order chi connectivity index (χ1) is 11.8. The van der Waals surface area contributed by atoms with E-state index >= 15 is 0 Å². The van der Waals surface area contributed by atoms with Crippen molar-refractivity contribution >= 4 is 11.5 Å². The fraction of sp³-hybridized carbons (Fsp3) is 0.294. The minimum atomic E-state index is 0.755. The average molecular weight is 319 g/mol. The van der Waals surface area contributed by atoms with Crippen LogP contribution in [-0.2, 0) is 6.54 Å². The van der Waals surface area contributed by atoms with Crippen molar-refractivity contribution in [3.8, 4) is 6.07 Å².